The van der Waals surface area contributed by atoms with E-state index >= 15 is 0 Å². The molecular formula is C29H30ClN3O5. The second kappa shape index (κ2) is 10.8. The van der Waals surface area contributed by atoms with Crippen molar-refractivity contribution < 1.29 is 23.8 Å². The number of aromatic nitrogens is 2. The Morgan fingerprint density at radius 2 is 2.00 bits per heavy atom. The molecule has 0 spiro atoms. The third-order valence-electron chi connectivity index (χ3n) is 6.64. The lowest BCUT2D eigenvalue weighted by molar-refractivity contribution is 0.0716. The number of nitrogens with one attached hydrogen (secondary N) is 1. The van der Waals surface area contributed by atoms with Crippen molar-refractivity contribution in [1.82, 2.24) is 15.1 Å². The van der Waals surface area contributed by atoms with Crippen LogP contribution >= 0.6 is 11.6 Å². The first-order valence-corrected chi connectivity index (χ1v) is 13.1. The van der Waals surface area contributed by atoms with Crippen LogP contribution < -0.4 is 9.47 Å². The number of rotatable bonds is 10. The van der Waals surface area contributed by atoms with Crippen molar-refractivity contribution >= 4 is 17.5 Å². The van der Waals surface area contributed by atoms with Crippen molar-refractivity contribution in [3.63, 3.8) is 0 Å². The largest absolute Gasteiger partial charge is 0.507 e. The second-order valence-corrected chi connectivity index (χ2v) is 9.64. The van der Waals surface area contributed by atoms with Gasteiger partial charge in [0.15, 0.2) is 11.5 Å². The fraction of sp³-hybridized carbons (Fsp3) is 0.310. The first kappa shape index (κ1) is 25.7. The number of fused-ring (bicyclic) bond motifs is 1. The van der Waals surface area contributed by atoms with Crippen LogP contribution in [0, 0.1) is 6.92 Å². The van der Waals surface area contributed by atoms with Gasteiger partial charge in [-0.3, -0.25) is 9.89 Å². The number of hydrogen-bond acceptors (Lipinski definition) is 6. The summed E-state index contributed by atoms with van der Waals surface area (Å²) < 4.78 is 17.5. The van der Waals surface area contributed by atoms with Crippen LogP contribution in [0.2, 0.25) is 5.02 Å². The number of furan rings is 1. The van der Waals surface area contributed by atoms with Gasteiger partial charge in [-0.25, -0.2) is 0 Å². The molecule has 1 aliphatic rings. The summed E-state index contributed by atoms with van der Waals surface area (Å²) in [6, 6.07) is 12.1. The fourth-order valence-electron chi connectivity index (χ4n) is 4.75. The topological polar surface area (TPSA) is 101 Å². The monoisotopic (exact) mass is 535 g/mol. The van der Waals surface area contributed by atoms with Crippen molar-refractivity contribution in [1.29, 1.82) is 0 Å². The number of aryl methyl sites for hydroxylation is 1. The number of aromatic amines is 1. The van der Waals surface area contributed by atoms with Crippen molar-refractivity contribution in [2.75, 3.05) is 13.2 Å². The van der Waals surface area contributed by atoms with Crippen molar-refractivity contribution in [2.24, 2.45) is 0 Å². The van der Waals surface area contributed by atoms with E-state index in [4.69, 9.17) is 25.5 Å². The van der Waals surface area contributed by atoms with Gasteiger partial charge in [0.05, 0.1) is 32.1 Å². The van der Waals surface area contributed by atoms with E-state index in [2.05, 4.69) is 17.1 Å². The van der Waals surface area contributed by atoms with Crippen molar-refractivity contribution in [3.05, 3.63) is 81.9 Å². The summed E-state index contributed by atoms with van der Waals surface area (Å²) in [5, 5.41) is 18.7. The maximum atomic E-state index is 13.7. The number of carbonyl (C=O) groups excluding carboxylic acids is 1. The molecule has 2 N–H and O–H groups in total. The highest BCUT2D eigenvalue weighted by Crippen LogP contribution is 2.47. The molecule has 8 nitrogen and oxygen atoms in total. The van der Waals surface area contributed by atoms with Gasteiger partial charge in [-0.05, 0) is 67.8 Å². The maximum Gasteiger partial charge on any atom is 0.273 e. The lowest BCUT2D eigenvalue weighted by atomic mass is 9.95. The average molecular weight is 536 g/mol. The van der Waals surface area contributed by atoms with Gasteiger partial charge in [0, 0.05) is 16.1 Å². The van der Waals surface area contributed by atoms with Crippen LogP contribution in [0.5, 0.6) is 17.2 Å². The Hall–Kier alpha value is -3.91. The van der Waals surface area contributed by atoms with Crippen LogP contribution in [-0.4, -0.2) is 39.3 Å². The number of aromatic hydroxyl groups is 1. The molecule has 2 aromatic heterocycles. The maximum absolute atomic E-state index is 13.7. The minimum absolute atomic E-state index is 0.0339. The summed E-state index contributed by atoms with van der Waals surface area (Å²) in [6.45, 7) is 7.15. The molecule has 0 saturated heterocycles. The zero-order chi connectivity index (χ0) is 26.8. The molecule has 0 saturated carbocycles. The number of H-pyrrole nitrogens is 1. The number of phenols is 1. The highest BCUT2D eigenvalue weighted by atomic mass is 35.5. The van der Waals surface area contributed by atoms with Gasteiger partial charge >= 0.3 is 0 Å². The average Bonchev–Trinajstić information content (AvgIpc) is 3.62. The number of ether oxygens (including phenoxy) is 2. The quantitative estimate of drug-likeness (QED) is 0.220. The van der Waals surface area contributed by atoms with Gasteiger partial charge in [0.25, 0.3) is 5.91 Å². The Morgan fingerprint density at radius 1 is 1.16 bits per heavy atom. The van der Waals surface area contributed by atoms with Crippen LogP contribution in [0.3, 0.4) is 0 Å². The summed E-state index contributed by atoms with van der Waals surface area (Å²) in [5.74, 6) is 1.72. The van der Waals surface area contributed by atoms with Crippen molar-refractivity contribution in [2.45, 2.75) is 46.2 Å². The Kier molecular flexibility index (Phi) is 7.33. The molecule has 9 heteroatoms. The van der Waals surface area contributed by atoms with Crippen LogP contribution in [0.1, 0.15) is 65.7 Å². The van der Waals surface area contributed by atoms with Crippen molar-refractivity contribution in [3.8, 4) is 28.5 Å². The standard InChI is InChI=1S/C29H30ClN3O5/c1-4-6-11-38-23-10-9-18(14-24(23)36-5-2)28-25-26(20-15-21(30)17(3)13-22(20)34)31-32-27(25)29(35)33(28)16-19-8-7-12-37-19/h7-10,12-15,28,34H,4-6,11,16H2,1-3H3,(H,31,32). The molecule has 1 atom stereocenters. The number of hydrogen-bond donors (Lipinski definition) is 2. The first-order valence-electron chi connectivity index (χ1n) is 12.7. The van der Waals surface area contributed by atoms with Gasteiger partial charge in [0.1, 0.15) is 22.9 Å². The minimum Gasteiger partial charge on any atom is -0.507 e. The molecule has 0 aliphatic carbocycles. The van der Waals surface area contributed by atoms with E-state index < -0.39 is 6.04 Å². The minimum atomic E-state index is -0.528. The van der Waals surface area contributed by atoms with E-state index in [1.807, 2.05) is 38.1 Å². The summed E-state index contributed by atoms with van der Waals surface area (Å²) in [6.07, 6.45) is 3.54. The summed E-state index contributed by atoms with van der Waals surface area (Å²) >= 11 is 6.42. The molecule has 1 amide bonds. The summed E-state index contributed by atoms with van der Waals surface area (Å²) in [4.78, 5) is 15.4. The fourth-order valence-corrected chi connectivity index (χ4v) is 4.91. The molecule has 198 valence electrons. The molecule has 1 aliphatic heterocycles. The van der Waals surface area contributed by atoms with Crippen LogP contribution in [0.25, 0.3) is 11.3 Å². The highest BCUT2D eigenvalue weighted by molar-refractivity contribution is 6.31. The Labute approximate surface area is 226 Å². The smallest absolute Gasteiger partial charge is 0.273 e. The normalized spacial score (nSPS) is 14.7. The Balaban J connectivity index is 1.64. The third-order valence-corrected chi connectivity index (χ3v) is 7.05. The lowest BCUT2D eigenvalue weighted by Gasteiger charge is -2.26. The molecule has 0 radical (unpaired) electrons. The van der Waals surface area contributed by atoms with Gasteiger partial charge in [-0.2, -0.15) is 5.10 Å². The number of nitrogens with zero attached hydrogens (tertiary/aromatic N) is 2. The van der Waals surface area contributed by atoms with E-state index in [1.54, 1.807) is 29.4 Å². The van der Waals surface area contributed by atoms with E-state index in [-0.39, 0.29) is 18.2 Å². The van der Waals surface area contributed by atoms with E-state index in [0.717, 1.165) is 24.0 Å². The SMILES string of the molecule is CCCCOc1ccc(C2c3c(-c4cc(Cl)c(C)cc4O)n[nH]c3C(=O)N2Cc2ccco2)cc1OCC. The van der Waals surface area contributed by atoms with Gasteiger partial charge in [0.2, 0.25) is 0 Å². The summed E-state index contributed by atoms with van der Waals surface area (Å²) in [7, 11) is 0. The number of benzene rings is 2. The molecule has 3 heterocycles. The predicted octanol–water partition coefficient (Wildman–Crippen LogP) is 6.66. The van der Waals surface area contributed by atoms with E-state index in [9.17, 15) is 9.90 Å². The number of halogens is 1. The molecule has 2 aromatic carbocycles. The van der Waals surface area contributed by atoms with E-state index in [0.29, 0.717) is 58.0 Å². The molecule has 0 fully saturated rings. The van der Waals surface area contributed by atoms with Crippen LogP contribution in [0.15, 0.2) is 53.1 Å². The number of carbonyl (C=O) groups is 1. The zero-order valence-electron chi connectivity index (χ0n) is 21.6. The third kappa shape index (κ3) is 4.72. The van der Waals surface area contributed by atoms with Gasteiger partial charge in [-0.15, -0.1) is 0 Å². The first-order chi connectivity index (χ1) is 18.4. The molecular weight excluding hydrogens is 506 g/mol. The van der Waals surface area contributed by atoms with E-state index in [1.165, 1.54) is 0 Å². The van der Waals surface area contributed by atoms with Crippen LogP contribution in [0.4, 0.5) is 0 Å². The zero-order valence-corrected chi connectivity index (χ0v) is 22.3. The molecule has 5 rings (SSSR count). The molecule has 1 unspecified atom stereocenters. The lowest BCUT2D eigenvalue weighted by Crippen LogP contribution is -2.29. The van der Waals surface area contributed by atoms with Gasteiger partial charge in [-0.1, -0.05) is 31.0 Å². The van der Waals surface area contributed by atoms with Crippen LogP contribution in [-0.2, 0) is 6.54 Å². The molecule has 0 bridgehead atoms. The number of unbranched alkanes of at least 4 members (excludes halogenated alkanes) is 1. The summed E-state index contributed by atoms with van der Waals surface area (Å²) in [5.41, 5.74) is 3.47. The Bertz CT molecular complexity index is 1450. The predicted molar refractivity (Wildman–Crippen MR) is 144 cm³/mol. The number of phenolic OH excluding ortho intramolecular Hbond substituents is 1. The Morgan fingerprint density at radius 3 is 2.74 bits per heavy atom. The second-order valence-electron chi connectivity index (χ2n) is 9.24. The van der Waals surface area contributed by atoms with Gasteiger partial charge < -0.3 is 23.9 Å². The molecule has 4 aromatic rings. The highest BCUT2D eigenvalue weighted by Gasteiger charge is 2.43. The number of amides is 1. The molecule has 38 heavy (non-hydrogen) atoms.